The van der Waals surface area contributed by atoms with E-state index in [0.717, 1.165) is 24.8 Å². The number of fused-ring (bicyclic) bond motifs is 5. The molecule has 1 N–H and O–H groups in total. The van der Waals surface area contributed by atoms with E-state index in [-0.39, 0.29) is 41.5 Å². The van der Waals surface area contributed by atoms with Crippen molar-refractivity contribution < 1.29 is 33.7 Å². The third kappa shape index (κ3) is 3.46. The van der Waals surface area contributed by atoms with Crippen LogP contribution < -0.4 is 0 Å². The maximum Gasteiger partial charge on any atom is 0.303 e. The van der Waals surface area contributed by atoms with Gasteiger partial charge in [0.05, 0.1) is 6.10 Å². The number of ether oxygens (including phenoxy) is 3. The summed E-state index contributed by atoms with van der Waals surface area (Å²) in [6.07, 6.45) is 5.05. The molecule has 0 spiro atoms. The number of aliphatic hydroxyl groups is 1. The van der Waals surface area contributed by atoms with Gasteiger partial charge in [-0.25, -0.2) is 0 Å². The first-order valence-corrected chi connectivity index (χ1v) is 11.9. The van der Waals surface area contributed by atoms with Gasteiger partial charge in [0, 0.05) is 25.9 Å². The van der Waals surface area contributed by atoms with Gasteiger partial charge in [0.1, 0.15) is 6.79 Å². The van der Waals surface area contributed by atoms with Crippen LogP contribution in [0.1, 0.15) is 59.3 Å². The fourth-order valence-electron chi connectivity index (χ4n) is 7.91. The molecule has 0 aromatic heterocycles. The highest BCUT2D eigenvalue weighted by atomic mass is 16.7. The van der Waals surface area contributed by atoms with Crippen molar-refractivity contribution in [1.29, 1.82) is 0 Å². The topological polar surface area (TPSA) is 99.1 Å². The van der Waals surface area contributed by atoms with Gasteiger partial charge in [0.25, 0.3) is 0 Å². The molecule has 0 aromatic rings. The Balaban J connectivity index is 1.75. The quantitative estimate of drug-likeness (QED) is 0.369. The van der Waals surface area contributed by atoms with Gasteiger partial charge in [0.15, 0.2) is 18.0 Å². The largest absolute Gasteiger partial charge is 0.458 e. The van der Waals surface area contributed by atoms with E-state index in [1.165, 1.54) is 14.0 Å². The van der Waals surface area contributed by atoms with Gasteiger partial charge in [-0.2, -0.15) is 0 Å². The summed E-state index contributed by atoms with van der Waals surface area (Å²) < 4.78 is 16.4. The van der Waals surface area contributed by atoms with Crippen molar-refractivity contribution in [2.45, 2.75) is 71.0 Å². The lowest BCUT2D eigenvalue weighted by Gasteiger charge is -2.60. The summed E-state index contributed by atoms with van der Waals surface area (Å²) in [4.78, 5) is 37.1. The molecular weight excluding hydrogens is 424 g/mol. The Hall–Kier alpha value is -1.83. The molecule has 7 heteroatoms. The fraction of sp³-hybridized carbons (Fsp3) is 0.731. The summed E-state index contributed by atoms with van der Waals surface area (Å²) >= 11 is 0. The maximum atomic E-state index is 13.6. The Kier molecular flexibility index (Phi) is 6.21. The van der Waals surface area contributed by atoms with Crippen LogP contribution in [0.25, 0.3) is 0 Å². The molecule has 33 heavy (non-hydrogen) atoms. The molecule has 4 aliphatic carbocycles. The lowest BCUT2D eigenvalue weighted by molar-refractivity contribution is -0.209. The summed E-state index contributed by atoms with van der Waals surface area (Å²) in [5.41, 5.74) is -0.522. The highest BCUT2D eigenvalue weighted by Gasteiger charge is 2.71. The van der Waals surface area contributed by atoms with E-state index in [2.05, 4.69) is 13.5 Å². The smallest absolute Gasteiger partial charge is 0.303 e. The first kappa shape index (κ1) is 24.3. The number of methoxy groups -OCH3 is 1. The highest BCUT2D eigenvalue weighted by molar-refractivity contribution is 5.94. The van der Waals surface area contributed by atoms with Crippen LogP contribution >= 0.6 is 0 Å². The van der Waals surface area contributed by atoms with Crippen molar-refractivity contribution in [2.24, 2.45) is 28.6 Å². The molecule has 4 aliphatic rings. The Morgan fingerprint density at radius 3 is 2.67 bits per heavy atom. The minimum absolute atomic E-state index is 0.0123. The molecule has 0 saturated heterocycles. The standard InChI is InChI=1S/C26H36O7/c1-15-10-20-19-7-6-17-11-18(28)8-9-24(17,3)23(19)21(29)12-25(20,4)26(15,33-14-31-5)22(30)13-32-16(2)27/h11,19-21,23,29H,1,6-10,12-14H2,2-5H3/t19-,20-,21-,23+,24-,25-,26-/m0/s1. The SMILES string of the molecule is C=C1C[C@H]2[C@@H]3CCC4=CC(=O)CC[C@]4(C)[C@H]3[C@@H](O)C[C@]2(C)[C@@]1(OCOC)C(=O)COC(C)=O. The van der Waals surface area contributed by atoms with Crippen LogP contribution in [0.3, 0.4) is 0 Å². The molecule has 3 fully saturated rings. The summed E-state index contributed by atoms with van der Waals surface area (Å²) in [6.45, 7) is 9.22. The van der Waals surface area contributed by atoms with Crippen molar-refractivity contribution >= 4 is 17.5 Å². The zero-order valence-electron chi connectivity index (χ0n) is 20.1. The van der Waals surface area contributed by atoms with Crippen LogP contribution in [0, 0.1) is 28.6 Å². The summed E-state index contributed by atoms with van der Waals surface area (Å²) in [7, 11) is 1.49. The summed E-state index contributed by atoms with van der Waals surface area (Å²) in [6, 6.07) is 0. The van der Waals surface area contributed by atoms with Crippen LogP contribution in [-0.4, -0.2) is 54.9 Å². The number of hydrogen-bond donors (Lipinski definition) is 1. The number of Topliss-reactive ketones (excluding diaryl/α,β-unsaturated/α-hetero) is 1. The van der Waals surface area contributed by atoms with Crippen molar-refractivity contribution in [3.05, 3.63) is 23.8 Å². The van der Waals surface area contributed by atoms with Gasteiger partial charge >= 0.3 is 5.97 Å². The predicted octanol–water partition coefficient (Wildman–Crippen LogP) is 3.15. The first-order valence-electron chi connectivity index (χ1n) is 11.9. The monoisotopic (exact) mass is 460 g/mol. The average molecular weight is 461 g/mol. The Morgan fingerprint density at radius 2 is 2.00 bits per heavy atom. The van der Waals surface area contributed by atoms with Gasteiger partial charge in [-0.3, -0.25) is 14.4 Å². The van der Waals surface area contributed by atoms with E-state index in [4.69, 9.17) is 14.2 Å². The van der Waals surface area contributed by atoms with Gasteiger partial charge < -0.3 is 19.3 Å². The predicted molar refractivity (Wildman–Crippen MR) is 120 cm³/mol. The molecule has 0 unspecified atom stereocenters. The molecule has 0 amide bonds. The lowest BCUT2D eigenvalue weighted by atomic mass is 9.45. The van der Waals surface area contributed by atoms with E-state index in [1.54, 1.807) is 0 Å². The number of carbonyl (C=O) groups is 3. The zero-order chi connectivity index (χ0) is 24.2. The Morgan fingerprint density at radius 1 is 1.27 bits per heavy atom. The molecule has 3 saturated carbocycles. The number of aliphatic hydroxyl groups excluding tert-OH is 1. The second-order valence-corrected chi connectivity index (χ2v) is 10.8. The highest BCUT2D eigenvalue weighted by Crippen LogP contribution is 2.69. The summed E-state index contributed by atoms with van der Waals surface area (Å²) in [5.74, 6) is -0.466. The number of allylic oxidation sites excluding steroid dienone is 1. The Labute approximate surface area is 195 Å². The molecule has 7 nitrogen and oxygen atoms in total. The number of hydrogen-bond acceptors (Lipinski definition) is 7. The second kappa shape index (κ2) is 8.43. The van der Waals surface area contributed by atoms with Gasteiger partial charge in [-0.15, -0.1) is 0 Å². The fourth-order valence-corrected chi connectivity index (χ4v) is 7.91. The molecule has 0 aliphatic heterocycles. The van der Waals surface area contributed by atoms with E-state index >= 15 is 0 Å². The molecule has 182 valence electrons. The Bertz CT molecular complexity index is 906. The van der Waals surface area contributed by atoms with Crippen molar-refractivity contribution in [3.63, 3.8) is 0 Å². The third-order valence-corrected chi connectivity index (χ3v) is 9.25. The molecule has 0 aromatic carbocycles. The molecule has 4 rings (SSSR count). The second-order valence-electron chi connectivity index (χ2n) is 10.8. The van der Waals surface area contributed by atoms with Crippen molar-refractivity contribution in [1.82, 2.24) is 0 Å². The number of rotatable bonds is 6. The minimum atomic E-state index is -1.39. The molecule has 7 atom stereocenters. The van der Waals surface area contributed by atoms with E-state index in [9.17, 15) is 19.5 Å². The number of ketones is 2. The number of carbonyl (C=O) groups excluding carboxylic acids is 3. The van der Waals surface area contributed by atoms with E-state index < -0.39 is 29.7 Å². The average Bonchev–Trinajstić information content (AvgIpc) is 2.97. The summed E-state index contributed by atoms with van der Waals surface area (Å²) in [5, 5.41) is 11.6. The van der Waals surface area contributed by atoms with E-state index in [0.29, 0.717) is 24.8 Å². The molecule has 0 heterocycles. The van der Waals surface area contributed by atoms with Crippen LogP contribution in [0.2, 0.25) is 0 Å². The van der Waals surface area contributed by atoms with Gasteiger partial charge in [-0.1, -0.05) is 26.0 Å². The minimum Gasteiger partial charge on any atom is -0.458 e. The third-order valence-electron chi connectivity index (χ3n) is 9.25. The van der Waals surface area contributed by atoms with Crippen LogP contribution in [0.5, 0.6) is 0 Å². The normalized spacial score (nSPS) is 42.2. The van der Waals surface area contributed by atoms with Crippen LogP contribution in [0.4, 0.5) is 0 Å². The van der Waals surface area contributed by atoms with Crippen LogP contribution in [-0.2, 0) is 28.6 Å². The first-order chi connectivity index (χ1) is 15.5. The van der Waals surface area contributed by atoms with Crippen molar-refractivity contribution in [3.8, 4) is 0 Å². The maximum absolute atomic E-state index is 13.6. The molecule has 0 radical (unpaired) electrons. The van der Waals surface area contributed by atoms with Crippen molar-refractivity contribution in [2.75, 3.05) is 20.5 Å². The van der Waals surface area contributed by atoms with E-state index in [1.807, 2.05) is 13.0 Å². The van der Waals surface area contributed by atoms with Gasteiger partial charge in [-0.05, 0) is 66.9 Å². The van der Waals surface area contributed by atoms with Crippen LogP contribution in [0.15, 0.2) is 23.8 Å². The molecular formula is C26H36O7. The zero-order valence-corrected chi connectivity index (χ0v) is 20.1. The lowest BCUT2D eigenvalue weighted by Crippen LogP contribution is -2.63. The molecule has 0 bridgehead atoms. The number of esters is 1. The van der Waals surface area contributed by atoms with Gasteiger partial charge in [0.2, 0.25) is 5.78 Å².